The average molecular weight is 477 g/mol. The smallest absolute Gasteiger partial charge is 0.166 e. The molecule has 1 heterocycles. The number of rotatable bonds is 11. The Morgan fingerprint density at radius 2 is 1.76 bits per heavy atom. The van der Waals surface area contributed by atoms with Gasteiger partial charge in [-0.2, -0.15) is 0 Å². The van der Waals surface area contributed by atoms with E-state index in [1.165, 1.54) is 0 Å². The molecule has 7 nitrogen and oxygen atoms in total. The molecule has 180 valence electrons. The number of likely N-dealkylation sites (tertiary alicyclic amines) is 1. The lowest BCUT2D eigenvalue weighted by atomic mass is 10.0. The van der Waals surface area contributed by atoms with E-state index in [1.54, 1.807) is 32.4 Å². The second-order valence-electron chi connectivity index (χ2n) is 8.33. The summed E-state index contributed by atoms with van der Waals surface area (Å²) in [6, 6.07) is 8.68. The number of carbonyl (C=O) groups excluding carboxylic acids is 1. The minimum Gasteiger partial charge on any atom is -0.497 e. The molecule has 0 amide bonds. The van der Waals surface area contributed by atoms with E-state index in [2.05, 4.69) is 4.90 Å². The number of hydrogen-bond acceptors (Lipinski definition) is 7. The number of nitrogen functional groups attached to an aromatic ring is 1. The van der Waals surface area contributed by atoms with Crippen LogP contribution in [0.3, 0.4) is 0 Å². The number of halogens is 1. The second kappa shape index (κ2) is 12.1. The molecular weight excluding hydrogens is 444 g/mol. The number of piperidine rings is 1. The Bertz CT molecular complexity index is 922. The first-order valence-corrected chi connectivity index (χ1v) is 11.6. The number of anilines is 1. The topological polar surface area (TPSA) is 94.3 Å². The third-order valence-corrected chi connectivity index (χ3v) is 6.22. The van der Waals surface area contributed by atoms with Crippen LogP contribution in [0.5, 0.6) is 17.2 Å². The van der Waals surface area contributed by atoms with E-state index < -0.39 is 0 Å². The molecule has 2 aromatic rings. The standard InChI is InChI=1S/C25H33ClN2O5/c1-31-19-11-17(12-20(13-19)32-2)16-33-25-15-23(27)22(26)14-21(25)24(30)5-3-4-8-28-9-6-18(29)7-10-28/h11-15,18,29H,3-10,16,27H2,1-2H3. The zero-order valence-electron chi connectivity index (χ0n) is 19.3. The maximum absolute atomic E-state index is 13.0. The van der Waals surface area contributed by atoms with E-state index in [0.29, 0.717) is 39.9 Å². The maximum Gasteiger partial charge on any atom is 0.166 e. The van der Waals surface area contributed by atoms with Crippen molar-refractivity contribution in [3.63, 3.8) is 0 Å². The summed E-state index contributed by atoms with van der Waals surface area (Å²) in [6.45, 7) is 2.98. The predicted octanol–water partition coefficient (Wildman–Crippen LogP) is 4.33. The number of hydrogen-bond donors (Lipinski definition) is 2. The number of nitrogens with zero attached hydrogens (tertiary/aromatic N) is 1. The van der Waals surface area contributed by atoms with Gasteiger partial charge in [0, 0.05) is 31.6 Å². The van der Waals surface area contributed by atoms with E-state index >= 15 is 0 Å². The number of ether oxygens (including phenoxy) is 3. The molecule has 1 fully saturated rings. The molecular formula is C25H33ClN2O5. The molecule has 0 aromatic heterocycles. The Kier molecular flexibility index (Phi) is 9.23. The lowest BCUT2D eigenvalue weighted by Gasteiger charge is -2.29. The van der Waals surface area contributed by atoms with Gasteiger partial charge in [-0.15, -0.1) is 0 Å². The summed E-state index contributed by atoms with van der Waals surface area (Å²) in [7, 11) is 3.18. The van der Waals surface area contributed by atoms with Crippen molar-refractivity contribution in [2.45, 2.75) is 44.8 Å². The summed E-state index contributed by atoms with van der Waals surface area (Å²) >= 11 is 6.21. The number of Topliss-reactive ketones (excluding diaryl/α,β-unsaturated/α-hetero) is 1. The van der Waals surface area contributed by atoms with E-state index in [9.17, 15) is 9.90 Å². The molecule has 0 spiro atoms. The summed E-state index contributed by atoms with van der Waals surface area (Å²) < 4.78 is 16.6. The van der Waals surface area contributed by atoms with Crippen LogP contribution in [-0.2, 0) is 6.61 Å². The molecule has 33 heavy (non-hydrogen) atoms. The van der Waals surface area contributed by atoms with Gasteiger partial charge in [-0.25, -0.2) is 0 Å². The molecule has 8 heteroatoms. The van der Waals surface area contributed by atoms with Crippen LogP contribution < -0.4 is 19.9 Å². The first-order chi connectivity index (χ1) is 15.9. The van der Waals surface area contributed by atoms with Gasteiger partial charge in [-0.1, -0.05) is 11.6 Å². The van der Waals surface area contributed by atoms with E-state index in [1.807, 2.05) is 12.1 Å². The average Bonchev–Trinajstić information content (AvgIpc) is 2.82. The van der Waals surface area contributed by atoms with Gasteiger partial charge in [0.15, 0.2) is 5.78 Å². The van der Waals surface area contributed by atoms with Crippen molar-refractivity contribution < 1.29 is 24.1 Å². The minimum atomic E-state index is -0.172. The van der Waals surface area contributed by atoms with Crippen LogP contribution in [0.25, 0.3) is 0 Å². The minimum absolute atomic E-state index is 0.0239. The first kappa shape index (κ1) is 25.1. The zero-order valence-corrected chi connectivity index (χ0v) is 20.1. The first-order valence-electron chi connectivity index (χ1n) is 11.3. The number of benzene rings is 2. The quantitative estimate of drug-likeness (QED) is 0.283. The summed E-state index contributed by atoms with van der Waals surface area (Å²) in [6.07, 6.45) is 3.57. The van der Waals surface area contributed by atoms with Crippen LogP contribution in [0.15, 0.2) is 30.3 Å². The van der Waals surface area contributed by atoms with Crippen LogP contribution in [0.4, 0.5) is 5.69 Å². The van der Waals surface area contributed by atoms with E-state index in [-0.39, 0.29) is 18.5 Å². The molecule has 1 saturated heterocycles. The van der Waals surface area contributed by atoms with Crippen molar-refractivity contribution in [1.29, 1.82) is 0 Å². The van der Waals surface area contributed by atoms with Gasteiger partial charge in [0.2, 0.25) is 0 Å². The van der Waals surface area contributed by atoms with Crippen LogP contribution in [0.1, 0.15) is 48.0 Å². The predicted molar refractivity (Wildman–Crippen MR) is 130 cm³/mol. The lowest BCUT2D eigenvalue weighted by molar-refractivity contribution is 0.0814. The van der Waals surface area contributed by atoms with Gasteiger partial charge < -0.3 is 30.0 Å². The second-order valence-corrected chi connectivity index (χ2v) is 8.74. The summed E-state index contributed by atoms with van der Waals surface area (Å²) in [5, 5.41) is 9.95. The maximum atomic E-state index is 13.0. The Balaban J connectivity index is 1.61. The molecule has 1 aliphatic heterocycles. The molecule has 1 aliphatic rings. The van der Waals surface area contributed by atoms with Gasteiger partial charge >= 0.3 is 0 Å². The highest BCUT2D eigenvalue weighted by molar-refractivity contribution is 6.33. The number of aliphatic hydroxyl groups excluding tert-OH is 1. The number of methoxy groups -OCH3 is 2. The normalized spacial score (nSPS) is 14.8. The number of carbonyl (C=O) groups is 1. The van der Waals surface area contributed by atoms with Gasteiger partial charge in [-0.05, 0) is 56.0 Å². The lowest BCUT2D eigenvalue weighted by Crippen LogP contribution is -2.36. The Morgan fingerprint density at radius 1 is 1.09 bits per heavy atom. The Hall–Kier alpha value is -2.48. The fraction of sp³-hybridized carbons (Fsp3) is 0.480. The van der Waals surface area contributed by atoms with Crippen molar-refractivity contribution in [1.82, 2.24) is 4.90 Å². The summed E-state index contributed by atoms with van der Waals surface area (Å²) in [4.78, 5) is 15.3. The summed E-state index contributed by atoms with van der Waals surface area (Å²) in [5.74, 6) is 1.70. The van der Waals surface area contributed by atoms with Gasteiger partial charge in [-0.3, -0.25) is 4.79 Å². The highest BCUT2D eigenvalue weighted by atomic mass is 35.5. The molecule has 0 unspecified atom stereocenters. The molecule has 2 aromatic carbocycles. The van der Waals surface area contributed by atoms with Gasteiger partial charge in [0.25, 0.3) is 0 Å². The van der Waals surface area contributed by atoms with Crippen molar-refractivity contribution in [2.24, 2.45) is 0 Å². The van der Waals surface area contributed by atoms with Crippen LogP contribution in [0.2, 0.25) is 5.02 Å². The van der Waals surface area contributed by atoms with Crippen molar-refractivity contribution >= 4 is 23.1 Å². The monoisotopic (exact) mass is 476 g/mol. The largest absolute Gasteiger partial charge is 0.497 e. The highest BCUT2D eigenvalue weighted by Gasteiger charge is 2.18. The fourth-order valence-corrected chi connectivity index (χ4v) is 4.08. The molecule has 0 atom stereocenters. The van der Waals surface area contributed by atoms with Crippen LogP contribution in [-0.4, -0.2) is 55.7 Å². The van der Waals surface area contributed by atoms with E-state index in [4.69, 9.17) is 31.5 Å². The third kappa shape index (κ3) is 7.25. The number of aliphatic hydroxyl groups is 1. The fourth-order valence-electron chi connectivity index (χ4n) is 3.92. The van der Waals surface area contributed by atoms with Crippen molar-refractivity contribution in [3.8, 4) is 17.2 Å². The number of nitrogens with two attached hydrogens (primary N) is 1. The molecule has 3 N–H and O–H groups in total. The zero-order chi connectivity index (χ0) is 23.8. The molecule has 0 aliphatic carbocycles. The van der Waals surface area contributed by atoms with Crippen LogP contribution >= 0.6 is 11.6 Å². The number of unbranched alkanes of at least 4 members (excludes halogenated alkanes) is 1. The number of ketones is 1. The Morgan fingerprint density at radius 3 is 2.39 bits per heavy atom. The molecule has 0 radical (unpaired) electrons. The SMILES string of the molecule is COc1cc(COc2cc(N)c(Cl)cc2C(=O)CCCCN2CCC(O)CC2)cc(OC)c1. The third-order valence-electron chi connectivity index (χ3n) is 5.89. The Labute approximate surface area is 200 Å². The van der Waals surface area contributed by atoms with Crippen LogP contribution in [0, 0.1) is 0 Å². The summed E-state index contributed by atoms with van der Waals surface area (Å²) in [5.41, 5.74) is 7.61. The van der Waals surface area contributed by atoms with E-state index in [0.717, 1.165) is 50.9 Å². The molecule has 0 bridgehead atoms. The van der Waals surface area contributed by atoms with Gasteiger partial charge in [0.05, 0.1) is 36.6 Å². The molecule has 3 rings (SSSR count). The van der Waals surface area contributed by atoms with Crippen molar-refractivity contribution in [3.05, 3.63) is 46.5 Å². The van der Waals surface area contributed by atoms with Crippen molar-refractivity contribution in [2.75, 3.05) is 39.6 Å². The molecule has 0 saturated carbocycles. The highest BCUT2D eigenvalue weighted by Crippen LogP contribution is 2.32. The van der Waals surface area contributed by atoms with Gasteiger partial charge in [0.1, 0.15) is 23.9 Å².